The maximum Gasteiger partial charge on any atom is 0.123 e. The fourth-order valence-electron chi connectivity index (χ4n) is 1.34. The Morgan fingerprint density at radius 2 is 2.25 bits per heavy atom. The first-order valence-corrected chi connectivity index (χ1v) is 4.00. The molecular formula is C10H10FN. The quantitative estimate of drug-likeness (QED) is 0.620. The lowest BCUT2D eigenvalue weighted by atomic mass is 10.1. The second-order valence-corrected chi connectivity index (χ2v) is 3.02. The number of hydrogen-bond donors (Lipinski definition) is 1. The van der Waals surface area contributed by atoms with Crippen molar-refractivity contribution in [3.8, 4) is 0 Å². The van der Waals surface area contributed by atoms with Gasteiger partial charge in [0.05, 0.1) is 0 Å². The Morgan fingerprint density at radius 1 is 1.42 bits per heavy atom. The van der Waals surface area contributed by atoms with Crippen LogP contribution in [0.2, 0.25) is 0 Å². The molecule has 2 heteroatoms. The first kappa shape index (κ1) is 7.35. The van der Waals surface area contributed by atoms with Crippen molar-refractivity contribution in [1.29, 1.82) is 0 Å². The Morgan fingerprint density at radius 3 is 3.08 bits per heavy atom. The number of anilines is 1. The molecular weight excluding hydrogens is 153 g/mol. The fourth-order valence-corrected chi connectivity index (χ4v) is 1.34. The summed E-state index contributed by atoms with van der Waals surface area (Å²) in [6.45, 7) is 2.06. The van der Waals surface area contributed by atoms with Gasteiger partial charge in [0.15, 0.2) is 0 Å². The Kier molecular flexibility index (Phi) is 1.61. The molecule has 1 nitrogen and oxygen atoms in total. The molecule has 0 aromatic heterocycles. The SMILES string of the molecule is CC1C=Cc2cc(F)ccc2N1. The lowest BCUT2D eigenvalue weighted by molar-refractivity contribution is 0.627. The van der Waals surface area contributed by atoms with Crippen LogP contribution in [0, 0.1) is 5.82 Å². The van der Waals surface area contributed by atoms with Gasteiger partial charge in [-0.2, -0.15) is 0 Å². The summed E-state index contributed by atoms with van der Waals surface area (Å²) in [6.07, 6.45) is 3.96. The van der Waals surface area contributed by atoms with E-state index in [0.29, 0.717) is 6.04 Å². The van der Waals surface area contributed by atoms with E-state index >= 15 is 0 Å². The van der Waals surface area contributed by atoms with E-state index < -0.39 is 0 Å². The smallest absolute Gasteiger partial charge is 0.123 e. The molecule has 0 fully saturated rings. The molecule has 1 aromatic carbocycles. The predicted octanol–water partition coefficient (Wildman–Crippen LogP) is 2.65. The molecule has 62 valence electrons. The Labute approximate surface area is 70.9 Å². The summed E-state index contributed by atoms with van der Waals surface area (Å²) in [5.74, 6) is -0.185. The highest BCUT2D eigenvalue weighted by molar-refractivity contribution is 5.70. The molecule has 1 aromatic rings. The molecule has 0 radical (unpaired) electrons. The maximum atomic E-state index is 12.7. The van der Waals surface area contributed by atoms with Crippen LogP contribution in [0.3, 0.4) is 0 Å². The lowest BCUT2D eigenvalue weighted by Crippen LogP contribution is -2.15. The van der Waals surface area contributed by atoms with E-state index in [1.165, 1.54) is 12.1 Å². The van der Waals surface area contributed by atoms with E-state index in [4.69, 9.17) is 0 Å². The van der Waals surface area contributed by atoms with Gasteiger partial charge in [0.25, 0.3) is 0 Å². The molecule has 1 N–H and O–H groups in total. The van der Waals surface area contributed by atoms with E-state index in [1.54, 1.807) is 6.07 Å². The highest BCUT2D eigenvalue weighted by Gasteiger charge is 2.07. The average Bonchev–Trinajstić information content (AvgIpc) is 2.05. The lowest BCUT2D eigenvalue weighted by Gasteiger charge is -2.18. The summed E-state index contributed by atoms with van der Waals surface area (Å²) in [5, 5.41) is 3.23. The summed E-state index contributed by atoms with van der Waals surface area (Å²) < 4.78 is 12.7. The van der Waals surface area contributed by atoms with Crippen molar-refractivity contribution in [1.82, 2.24) is 0 Å². The standard InChI is InChI=1S/C10H10FN/c1-7-2-3-8-6-9(11)4-5-10(8)12-7/h2-7,12H,1H3. The molecule has 0 aliphatic carbocycles. The van der Waals surface area contributed by atoms with Crippen LogP contribution in [-0.4, -0.2) is 6.04 Å². The van der Waals surface area contributed by atoms with Gasteiger partial charge in [-0.3, -0.25) is 0 Å². The minimum atomic E-state index is -0.185. The summed E-state index contributed by atoms with van der Waals surface area (Å²) in [5.41, 5.74) is 1.93. The zero-order valence-electron chi connectivity index (χ0n) is 6.84. The Balaban J connectivity index is 2.47. The monoisotopic (exact) mass is 163 g/mol. The molecule has 1 unspecified atom stereocenters. The summed E-state index contributed by atoms with van der Waals surface area (Å²) in [7, 11) is 0. The Hall–Kier alpha value is -1.31. The topological polar surface area (TPSA) is 12.0 Å². The first-order valence-electron chi connectivity index (χ1n) is 4.00. The molecule has 0 bridgehead atoms. The fraction of sp³-hybridized carbons (Fsp3) is 0.200. The van der Waals surface area contributed by atoms with E-state index in [9.17, 15) is 4.39 Å². The van der Waals surface area contributed by atoms with Gasteiger partial charge in [0.1, 0.15) is 5.82 Å². The third kappa shape index (κ3) is 1.20. The zero-order valence-corrected chi connectivity index (χ0v) is 6.84. The minimum Gasteiger partial charge on any atom is -0.379 e. The van der Waals surface area contributed by atoms with Crippen LogP contribution >= 0.6 is 0 Å². The highest BCUT2D eigenvalue weighted by atomic mass is 19.1. The van der Waals surface area contributed by atoms with E-state index in [2.05, 4.69) is 12.2 Å². The number of fused-ring (bicyclic) bond motifs is 1. The molecule has 1 aliphatic heterocycles. The molecule has 12 heavy (non-hydrogen) atoms. The van der Waals surface area contributed by atoms with Crippen LogP contribution < -0.4 is 5.32 Å². The van der Waals surface area contributed by atoms with Gasteiger partial charge in [0, 0.05) is 17.3 Å². The van der Waals surface area contributed by atoms with E-state index in [0.717, 1.165) is 11.3 Å². The van der Waals surface area contributed by atoms with Crippen molar-refractivity contribution in [2.24, 2.45) is 0 Å². The van der Waals surface area contributed by atoms with Gasteiger partial charge in [0.2, 0.25) is 0 Å². The van der Waals surface area contributed by atoms with Crippen molar-refractivity contribution in [2.45, 2.75) is 13.0 Å². The highest BCUT2D eigenvalue weighted by Crippen LogP contribution is 2.23. The van der Waals surface area contributed by atoms with Crippen LogP contribution in [0.4, 0.5) is 10.1 Å². The van der Waals surface area contributed by atoms with Crippen LogP contribution in [0.5, 0.6) is 0 Å². The van der Waals surface area contributed by atoms with Crippen LogP contribution in [0.1, 0.15) is 12.5 Å². The molecule has 2 rings (SSSR count). The third-order valence-electron chi connectivity index (χ3n) is 1.96. The number of rotatable bonds is 0. The second-order valence-electron chi connectivity index (χ2n) is 3.02. The second kappa shape index (κ2) is 2.63. The van der Waals surface area contributed by atoms with Crippen LogP contribution in [0.25, 0.3) is 6.08 Å². The van der Waals surface area contributed by atoms with Crippen LogP contribution in [0.15, 0.2) is 24.3 Å². The van der Waals surface area contributed by atoms with Crippen LogP contribution in [-0.2, 0) is 0 Å². The molecule has 0 saturated heterocycles. The van der Waals surface area contributed by atoms with Gasteiger partial charge >= 0.3 is 0 Å². The van der Waals surface area contributed by atoms with Crippen molar-refractivity contribution in [3.63, 3.8) is 0 Å². The number of halogens is 1. The molecule has 0 amide bonds. The number of hydrogen-bond acceptors (Lipinski definition) is 1. The molecule has 1 aliphatic rings. The predicted molar refractivity (Wildman–Crippen MR) is 48.5 cm³/mol. The van der Waals surface area contributed by atoms with Crippen molar-refractivity contribution < 1.29 is 4.39 Å². The van der Waals surface area contributed by atoms with Gasteiger partial charge in [-0.15, -0.1) is 0 Å². The van der Waals surface area contributed by atoms with Gasteiger partial charge in [-0.05, 0) is 25.1 Å². The average molecular weight is 163 g/mol. The molecule has 1 heterocycles. The minimum absolute atomic E-state index is 0.185. The summed E-state index contributed by atoms with van der Waals surface area (Å²) in [6, 6.07) is 5.11. The normalized spacial score (nSPS) is 20.0. The van der Waals surface area contributed by atoms with Gasteiger partial charge in [-0.25, -0.2) is 4.39 Å². The number of benzene rings is 1. The zero-order chi connectivity index (χ0) is 8.55. The van der Waals surface area contributed by atoms with Crippen molar-refractivity contribution in [2.75, 3.05) is 5.32 Å². The maximum absolute atomic E-state index is 12.7. The van der Waals surface area contributed by atoms with E-state index in [1.807, 2.05) is 12.2 Å². The molecule has 0 spiro atoms. The third-order valence-corrected chi connectivity index (χ3v) is 1.96. The van der Waals surface area contributed by atoms with Crippen molar-refractivity contribution >= 4 is 11.8 Å². The summed E-state index contributed by atoms with van der Waals surface area (Å²) >= 11 is 0. The molecule has 0 saturated carbocycles. The molecule has 1 atom stereocenters. The summed E-state index contributed by atoms with van der Waals surface area (Å²) in [4.78, 5) is 0. The number of nitrogens with one attached hydrogen (secondary N) is 1. The first-order chi connectivity index (χ1) is 5.75. The largest absolute Gasteiger partial charge is 0.379 e. The van der Waals surface area contributed by atoms with Gasteiger partial charge in [-0.1, -0.05) is 12.2 Å². The van der Waals surface area contributed by atoms with Gasteiger partial charge < -0.3 is 5.32 Å². The van der Waals surface area contributed by atoms with E-state index in [-0.39, 0.29) is 5.82 Å². The van der Waals surface area contributed by atoms with Crippen molar-refractivity contribution in [3.05, 3.63) is 35.7 Å². The Bertz CT molecular complexity index is 331.